The van der Waals surface area contributed by atoms with Crippen LogP contribution in [-0.2, 0) is 11.3 Å². The first-order valence-corrected chi connectivity index (χ1v) is 6.33. The average molecular weight is 291 g/mol. The molecule has 0 heterocycles. The van der Waals surface area contributed by atoms with Crippen LogP contribution in [0.1, 0.15) is 17.5 Å². The molecule has 0 unspecified atom stereocenters. The number of benzene rings is 1. The topological polar surface area (TPSA) is 114 Å². The lowest BCUT2D eigenvalue weighted by atomic mass is 10.1. The van der Waals surface area contributed by atoms with Crippen LogP contribution in [0.2, 0.25) is 0 Å². The number of nitrogens with one attached hydrogen (secondary N) is 1. The smallest absolute Gasteiger partial charge is 0.332 e. The Labute approximate surface area is 122 Å². The lowest BCUT2D eigenvalue weighted by Crippen LogP contribution is -2.38. The fourth-order valence-corrected chi connectivity index (χ4v) is 1.66. The van der Waals surface area contributed by atoms with Crippen LogP contribution in [0.25, 0.3) is 0 Å². The fraction of sp³-hybridized carbons (Fsp3) is 0.357. The third-order valence-electron chi connectivity index (χ3n) is 2.80. The van der Waals surface area contributed by atoms with Crippen molar-refractivity contribution in [3.63, 3.8) is 0 Å². The molecule has 0 spiro atoms. The molecule has 0 aliphatic rings. The first kappa shape index (κ1) is 16.5. The lowest BCUT2D eigenvalue weighted by molar-refractivity contribution is -0.146. The second-order valence-corrected chi connectivity index (χ2v) is 4.54. The van der Waals surface area contributed by atoms with Crippen LogP contribution in [0.4, 0.5) is 4.79 Å². The number of aliphatic hydroxyl groups is 1. The Morgan fingerprint density at radius 1 is 1.48 bits per heavy atom. The third-order valence-corrected chi connectivity index (χ3v) is 2.80. The van der Waals surface area contributed by atoms with E-state index in [9.17, 15) is 9.59 Å². The first-order valence-electron chi connectivity index (χ1n) is 6.33. The van der Waals surface area contributed by atoms with Gasteiger partial charge in [0.05, 0.1) is 11.6 Å². The Hall–Kier alpha value is -2.59. The van der Waals surface area contributed by atoms with Gasteiger partial charge < -0.3 is 20.4 Å². The molecule has 7 heteroatoms. The van der Waals surface area contributed by atoms with Gasteiger partial charge in [0, 0.05) is 26.6 Å². The molecule has 1 rings (SSSR count). The minimum absolute atomic E-state index is 0.0567. The number of carbonyl (C=O) groups is 2. The van der Waals surface area contributed by atoms with Crippen molar-refractivity contribution in [2.45, 2.75) is 19.1 Å². The van der Waals surface area contributed by atoms with E-state index in [1.165, 1.54) is 4.90 Å². The molecule has 0 aliphatic carbocycles. The molecular weight excluding hydrogens is 274 g/mol. The highest BCUT2D eigenvalue weighted by molar-refractivity contribution is 5.74. The van der Waals surface area contributed by atoms with Gasteiger partial charge in [0.1, 0.15) is 0 Å². The standard InChI is InChI=1S/C14H17N3O4/c1-17(9-11-4-2-3-10(7-11)8-15)14(21)16-6-5-12(18)13(19)20/h2-4,7,12,18H,5-6,9H2,1H3,(H,16,21)(H,19,20)/t12-/m0/s1. The Morgan fingerprint density at radius 3 is 2.81 bits per heavy atom. The molecule has 0 saturated carbocycles. The fourth-order valence-electron chi connectivity index (χ4n) is 1.66. The summed E-state index contributed by atoms with van der Waals surface area (Å²) < 4.78 is 0. The van der Waals surface area contributed by atoms with Gasteiger partial charge in [0.15, 0.2) is 6.10 Å². The van der Waals surface area contributed by atoms with Crippen LogP contribution in [0.5, 0.6) is 0 Å². The van der Waals surface area contributed by atoms with Crippen molar-refractivity contribution in [2.24, 2.45) is 0 Å². The normalized spacial score (nSPS) is 11.3. The summed E-state index contributed by atoms with van der Waals surface area (Å²) in [6.45, 7) is 0.387. The number of carboxylic acid groups (broad SMARTS) is 1. The van der Waals surface area contributed by atoms with Gasteiger partial charge in [-0.15, -0.1) is 0 Å². The number of rotatable bonds is 6. The molecule has 112 valence electrons. The summed E-state index contributed by atoms with van der Waals surface area (Å²) in [5.74, 6) is -1.31. The van der Waals surface area contributed by atoms with Crippen LogP contribution in [0, 0.1) is 11.3 Å². The number of nitrogens with zero attached hydrogens (tertiary/aromatic N) is 2. The number of carbonyl (C=O) groups excluding carboxylic acids is 1. The van der Waals surface area contributed by atoms with Gasteiger partial charge in [-0.25, -0.2) is 9.59 Å². The van der Waals surface area contributed by atoms with Crippen molar-refractivity contribution in [1.29, 1.82) is 5.26 Å². The summed E-state index contributed by atoms with van der Waals surface area (Å²) in [5.41, 5.74) is 1.34. The van der Waals surface area contributed by atoms with Crippen LogP contribution >= 0.6 is 0 Å². The quantitative estimate of drug-likeness (QED) is 0.707. The molecule has 2 amide bonds. The predicted molar refractivity (Wildman–Crippen MR) is 74.3 cm³/mol. The summed E-state index contributed by atoms with van der Waals surface area (Å²) in [6.07, 6.45) is -1.54. The number of hydrogen-bond acceptors (Lipinski definition) is 4. The Bertz CT molecular complexity index is 553. The number of aliphatic carboxylic acids is 1. The van der Waals surface area contributed by atoms with Crippen molar-refractivity contribution in [1.82, 2.24) is 10.2 Å². The lowest BCUT2D eigenvalue weighted by Gasteiger charge is -2.18. The van der Waals surface area contributed by atoms with Crippen LogP contribution in [-0.4, -0.2) is 46.8 Å². The first-order chi connectivity index (χ1) is 9.93. The molecule has 1 atom stereocenters. The van der Waals surface area contributed by atoms with E-state index in [0.29, 0.717) is 12.1 Å². The van der Waals surface area contributed by atoms with Crippen molar-refractivity contribution in [3.05, 3.63) is 35.4 Å². The molecule has 0 aliphatic heterocycles. The van der Waals surface area contributed by atoms with Gasteiger partial charge in [-0.05, 0) is 17.7 Å². The van der Waals surface area contributed by atoms with E-state index in [-0.39, 0.29) is 19.0 Å². The molecule has 0 fully saturated rings. The van der Waals surface area contributed by atoms with E-state index in [0.717, 1.165) is 5.56 Å². The molecule has 0 saturated heterocycles. The highest BCUT2D eigenvalue weighted by Gasteiger charge is 2.14. The van der Waals surface area contributed by atoms with E-state index in [4.69, 9.17) is 15.5 Å². The molecule has 21 heavy (non-hydrogen) atoms. The van der Waals surface area contributed by atoms with E-state index in [2.05, 4.69) is 5.32 Å². The second-order valence-electron chi connectivity index (χ2n) is 4.54. The van der Waals surface area contributed by atoms with Gasteiger partial charge in [-0.1, -0.05) is 12.1 Å². The van der Waals surface area contributed by atoms with Crippen LogP contribution in [0.3, 0.4) is 0 Å². The molecule has 3 N–H and O–H groups in total. The van der Waals surface area contributed by atoms with Crippen molar-refractivity contribution in [2.75, 3.05) is 13.6 Å². The maximum Gasteiger partial charge on any atom is 0.332 e. The van der Waals surface area contributed by atoms with E-state index in [1.54, 1.807) is 31.3 Å². The summed E-state index contributed by atoms with van der Waals surface area (Å²) in [6, 6.07) is 8.56. The molecular formula is C14H17N3O4. The molecule has 7 nitrogen and oxygen atoms in total. The summed E-state index contributed by atoms with van der Waals surface area (Å²) in [7, 11) is 1.59. The highest BCUT2D eigenvalue weighted by Crippen LogP contribution is 2.06. The maximum atomic E-state index is 11.8. The molecule has 1 aromatic carbocycles. The van der Waals surface area contributed by atoms with Crippen LogP contribution < -0.4 is 5.32 Å². The van der Waals surface area contributed by atoms with Gasteiger partial charge in [-0.3, -0.25) is 0 Å². The van der Waals surface area contributed by atoms with Gasteiger partial charge in [0.2, 0.25) is 0 Å². The number of hydrogen-bond donors (Lipinski definition) is 3. The summed E-state index contributed by atoms with van der Waals surface area (Å²) in [5, 5.41) is 28.9. The maximum absolute atomic E-state index is 11.8. The molecule has 1 aromatic rings. The zero-order valence-corrected chi connectivity index (χ0v) is 11.6. The number of nitriles is 1. The Balaban J connectivity index is 2.44. The summed E-state index contributed by atoms with van der Waals surface area (Å²) >= 11 is 0. The van der Waals surface area contributed by atoms with Gasteiger partial charge in [-0.2, -0.15) is 5.26 Å². The Morgan fingerprint density at radius 2 is 2.19 bits per heavy atom. The average Bonchev–Trinajstić information content (AvgIpc) is 2.46. The number of carboxylic acids is 1. The van der Waals surface area contributed by atoms with Crippen molar-refractivity contribution in [3.8, 4) is 6.07 Å². The predicted octanol–water partition coefficient (Wildman–Crippen LogP) is 0.535. The molecule has 0 radical (unpaired) electrons. The van der Waals surface area contributed by atoms with Crippen molar-refractivity contribution >= 4 is 12.0 Å². The summed E-state index contributed by atoms with van der Waals surface area (Å²) in [4.78, 5) is 23.6. The molecule has 0 aromatic heterocycles. The van der Waals surface area contributed by atoms with E-state index >= 15 is 0 Å². The van der Waals surface area contributed by atoms with E-state index < -0.39 is 12.1 Å². The largest absolute Gasteiger partial charge is 0.479 e. The van der Waals surface area contributed by atoms with Gasteiger partial charge in [0.25, 0.3) is 0 Å². The van der Waals surface area contributed by atoms with E-state index in [1.807, 2.05) is 6.07 Å². The minimum Gasteiger partial charge on any atom is -0.479 e. The SMILES string of the molecule is CN(Cc1cccc(C#N)c1)C(=O)NCC[C@H](O)C(=O)O. The number of amides is 2. The zero-order valence-electron chi connectivity index (χ0n) is 11.6. The third kappa shape index (κ3) is 5.50. The molecule has 0 bridgehead atoms. The van der Waals surface area contributed by atoms with Gasteiger partial charge >= 0.3 is 12.0 Å². The zero-order chi connectivity index (χ0) is 15.8. The second kappa shape index (κ2) is 7.87. The van der Waals surface area contributed by atoms with Crippen LogP contribution in [0.15, 0.2) is 24.3 Å². The Kier molecular flexibility index (Phi) is 6.17. The minimum atomic E-state index is -1.48. The van der Waals surface area contributed by atoms with Crippen molar-refractivity contribution < 1.29 is 19.8 Å². The highest BCUT2D eigenvalue weighted by atomic mass is 16.4. The number of aliphatic hydroxyl groups excluding tert-OH is 1. The number of urea groups is 1. The monoisotopic (exact) mass is 291 g/mol.